The van der Waals surface area contributed by atoms with Crippen molar-refractivity contribution in [2.75, 3.05) is 13.1 Å². The van der Waals surface area contributed by atoms with Crippen LogP contribution in [0.3, 0.4) is 0 Å². The van der Waals surface area contributed by atoms with E-state index in [1.54, 1.807) is 0 Å². The number of piperidine rings is 1. The monoisotopic (exact) mass is 346 g/mol. The Morgan fingerprint density at radius 3 is 2.89 bits per heavy atom. The van der Waals surface area contributed by atoms with Crippen LogP contribution in [0, 0.1) is 0 Å². The molecule has 2 N–H and O–H groups in total. The van der Waals surface area contributed by atoms with Crippen molar-refractivity contribution in [1.29, 1.82) is 0 Å². The van der Waals surface area contributed by atoms with Crippen LogP contribution in [0.2, 0.25) is 0 Å². The molecule has 0 spiro atoms. The number of amides is 1. The third kappa shape index (κ3) is 5.51. The fourth-order valence-corrected chi connectivity index (χ4v) is 2.71. The van der Waals surface area contributed by atoms with Crippen LogP contribution >= 0.6 is 28.3 Å². The third-order valence-electron chi connectivity index (χ3n) is 3.24. The molecule has 5 heteroatoms. The fourth-order valence-electron chi connectivity index (χ4n) is 2.22. The molecule has 106 valence electrons. The zero-order valence-electron chi connectivity index (χ0n) is 10.8. The predicted molar refractivity (Wildman–Crippen MR) is 83.7 cm³/mol. The molecule has 1 aliphatic heterocycles. The minimum atomic E-state index is 0. The molecule has 1 fully saturated rings. The molecular formula is C14H20BrClN2O. The van der Waals surface area contributed by atoms with Crippen LogP contribution < -0.4 is 10.6 Å². The molecule has 1 aliphatic rings. The molecular weight excluding hydrogens is 328 g/mol. The summed E-state index contributed by atoms with van der Waals surface area (Å²) in [5, 5.41) is 6.39. The summed E-state index contributed by atoms with van der Waals surface area (Å²) in [5.41, 5.74) is 1.19. The summed E-state index contributed by atoms with van der Waals surface area (Å²) in [6.07, 6.45) is 3.58. The third-order valence-corrected chi connectivity index (χ3v) is 4.01. The van der Waals surface area contributed by atoms with E-state index >= 15 is 0 Å². The van der Waals surface area contributed by atoms with Crippen LogP contribution in [0.1, 0.15) is 24.8 Å². The van der Waals surface area contributed by atoms with Crippen molar-refractivity contribution >= 4 is 34.2 Å². The molecule has 1 amide bonds. The second kappa shape index (κ2) is 8.56. The van der Waals surface area contributed by atoms with Crippen molar-refractivity contribution in [2.45, 2.75) is 31.7 Å². The molecule has 0 aliphatic carbocycles. The molecule has 2 rings (SSSR count). The minimum absolute atomic E-state index is 0. The zero-order valence-corrected chi connectivity index (χ0v) is 13.2. The van der Waals surface area contributed by atoms with Gasteiger partial charge in [-0.1, -0.05) is 34.1 Å². The zero-order chi connectivity index (χ0) is 12.8. The minimum Gasteiger partial charge on any atom is -0.352 e. The molecule has 1 heterocycles. The second-order valence-electron chi connectivity index (χ2n) is 4.70. The predicted octanol–water partition coefficient (Wildman–Crippen LogP) is 2.67. The van der Waals surface area contributed by atoms with Gasteiger partial charge < -0.3 is 10.6 Å². The Kier molecular flexibility index (Phi) is 7.42. The van der Waals surface area contributed by atoms with Crippen molar-refractivity contribution in [1.82, 2.24) is 10.6 Å². The highest BCUT2D eigenvalue weighted by molar-refractivity contribution is 9.10. The molecule has 1 saturated heterocycles. The van der Waals surface area contributed by atoms with E-state index in [1.165, 1.54) is 5.56 Å². The molecule has 19 heavy (non-hydrogen) atoms. The Morgan fingerprint density at radius 1 is 1.42 bits per heavy atom. The lowest BCUT2D eigenvalue weighted by Crippen LogP contribution is -2.45. The van der Waals surface area contributed by atoms with E-state index in [0.717, 1.165) is 36.8 Å². The maximum Gasteiger partial charge on any atom is 0.220 e. The molecule has 0 bridgehead atoms. The Balaban J connectivity index is 0.00000180. The van der Waals surface area contributed by atoms with Crippen molar-refractivity contribution in [3.05, 3.63) is 34.3 Å². The van der Waals surface area contributed by atoms with E-state index in [4.69, 9.17) is 0 Å². The van der Waals surface area contributed by atoms with E-state index in [9.17, 15) is 4.79 Å². The molecule has 0 unspecified atom stereocenters. The van der Waals surface area contributed by atoms with Crippen molar-refractivity contribution < 1.29 is 4.79 Å². The van der Waals surface area contributed by atoms with Gasteiger partial charge in [0.05, 0.1) is 0 Å². The topological polar surface area (TPSA) is 41.1 Å². The maximum absolute atomic E-state index is 11.8. The molecule has 1 aromatic carbocycles. The standard InChI is InChI=1S/C14H19BrN2O.ClH/c15-13-6-2-1-4-11(13)7-8-14(18)17-12-5-3-9-16-10-12;/h1-2,4,6,12,16H,3,5,7-10H2,(H,17,18);1H/t12-;/m0./s1. The number of hydrogen-bond donors (Lipinski definition) is 2. The summed E-state index contributed by atoms with van der Waals surface area (Å²) in [6.45, 7) is 1.98. The van der Waals surface area contributed by atoms with Gasteiger partial charge in [0.1, 0.15) is 0 Å². The van der Waals surface area contributed by atoms with E-state index in [-0.39, 0.29) is 18.3 Å². The molecule has 1 aromatic rings. The first-order chi connectivity index (χ1) is 8.75. The average Bonchev–Trinajstić information content (AvgIpc) is 2.39. The van der Waals surface area contributed by atoms with Gasteiger partial charge in [-0.25, -0.2) is 0 Å². The SMILES string of the molecule is Cl.O=C(CCc1ccccc1Br)N[C@H]1CCCNC1. The highest BCUT2D eigenvalue weighted by Gasteiger charge is 2.15. The number of rotatable bonds is 4. The first-order valence-electron chi connectivity index (χ1n) is 6.49. The van der Waals surface area contributed by atoms with Crippen LogP contribution in [0.4, 0.5) is 0 Å². The van der Waals surface area contributed by atoms with E-state index in [2.05, 4.69) is 32.6 Å². The Bertz CT molecular complexity index is 408. The summed E-state index contributed by atoms with van der Waals surface area (Å²) < 4.78 is 1.08. The highest BCUT2D eigenvalue weighted by Crippen LogP contribution is 2.17. The summed E-state index contributed by atoms with van der Waals surface area (Å²) in [4.78, 5) is 11.8. The van der Waals surface area contributed by atoms with Crippen molar-refractivity contribution in [3.63, 3.8) is 0 Å². The number of hydrogen-bond acceptors (Lipinski definition) is 2. The van der Waals surface area contributed by atoms with Crippen LogP contribution in [-0.2, 0) is 11.2 Å². The molecule has 1 atom stereocenters. The lowest BCUT2D eigenvalue weighted by atomic mass is 10.1. The van der Waals surface area contributed by atoms with Gasteiger partial charge in [-0.15, -0.1) is 12.4 Å². The second-order valence-corrected chi connectivity index (χ2v) is 5.56. The number of halogens is 2. The summed E-state index contributed by atoms with van der Waals surface area (Å²) in [7, 11) is 0. The highest BCUT2D eigenvalue weighted by atomic mass is 79.9. The molecule has 0 aromatic heterocycles. The van der Waals surface area contributed by atoms with Crippen LogP contribution in [-0.4, -0.2) is 25.0 Å². The first-order valence-corrected chi connectivity index (χ1v) is 7.28. The van der Waals surface area contributed by atoms with Gasteiger partial charge in [0, 0.05) is 23.5 Å². The molecule has 3 nitrogen and oxygen atoms in total. The normalized spacial score (nSPS) is 18.5. The summed E-state index contributed by atoms with van der Waals surface area (Å²) in [5.74, 6) is 0.152. The summed E-state index contributed by atoms with van der Waals surface area (Å²) in [6, 6.07) is 8.37. The van der Waals surface area contributed by atoms with E-state index in [1.807, 2.05) is 18.2 Å². The first kappa shape index (κ1) is 16.5. The van der Waals surface area contributed by atoms with E-state index in [0.29, 0.717) is 12.5 Å². The molecule has 0 saturated carbocycles. The van der Waals surface area contributed by atoms with Gasteiger partial charge in [0.2, 0.25) is 5.91 Å². The Labute approximate surface area is 129 Å². The van der Waals surface area contributed by atoms with Crippen LogP contribution in [0.25, 0.3) is 0 Å². The van der Waals surface area contributed by atoms with E-state index < -0.39 is 0 Å². The number of carbonyl (C=O) groups is 1. The van der Waals surface area contributed by atoms with Crippen LogP contribution in [0.5, 0.6) is 0 Å². The number of nitrogens with one attached hydrogen (secondary N) is 2. The molecule has 0 radical (unpaired) electrons. The van der Waals surface area contributed by atoms with Gasteiger partial charge in [0.25, 0.3) is 0 Å². The van der Waals surface area contributed by atoms with Gasteiger partial charge >= 0.3 is 0 Å². The Morgan fingerprint density at radius 2 is 2.21 bits per heavy atom. The fraction of sp³-hybridized carbons (Fsp3) is 0.500. The van der Waals surface area contributed by atoms with Crippen molar-refractivity contribution in [2.24, 2.45) is 0 Å². The lowest BCUT2D eigenvalue weighted by Gasteiger charge is -2.23. The summed E-state index contributed by atoms with van der Waals surface area (Å²) >= 11 is 3.50. The van der Waals surface area contributed by atoms with Gasteiger partial charge in [-0.05, 0) is 37.4 Å². The Hall–Kier alpha value is -0.580. The van der Waals surface area contributed by atoms with Gasteiger partial charge in [0.15, 0.2) is 0 Å². The quantitative estimate of drug-likeness (QED) is 0.879. The lowest BCUT2D eigenvalue weighted by molar-refractivity contribution is -0.121. The van der Waals surface area contributed by atoms with Gasteiger partial charge in [-0.2, -0.15) is 0 Å². The van der Waals surface area contributed by atoms with Crippen molar-refractivity contribution in [3.8, 4) is 0 Å². The number of carbonyl (C=O) groups excluding carboxylic acids is 1. The average molecular weight is 348 g/mol. The number of aryl methyl sites for hydroxylation is 1. The maximum atomic E-state index is 11.8. The number of benzene rings is 1. The van der Waals surface area contributed by atoms with Crippen LogP contribution in [0.15, 0.2) is 28.7 Å². The largest absolute Gasteiger partial charge is 0.352 e. The smallest absolute Gasteiger partial charge is 0.220 e. The van der Waals surface area contributed by atoms with Gasteiger partial charge in [-0.3, -0.25) is 4.79 Å².